The zero-order chi connectivity index (χ0) is 18.2. The van der Waals surface area contributed by atoms with E-state index in [1.165, 1.54) is 61.8 Å². The molecule has 2 aromatic rings. The first-order valence-electron chi connectivity index (χ1n) is 10.2. The lowest BCUT2D eigenvalue weighted by Crippen LogP contribution is -2.22. The summed E-state index contributed by atoms with van der Waals surface area (Å²) in [4.78, 5) is 3.12. The van der Waals surface area contributed by atoms with Gasteiger partial charge in [0, 0.05) is 11.4 Å². The zero-order valence-electron chi connectivity index (χ0n) is 16.0. The number of aryl methyl sites for hydroxylation is 1. The fourth-order valence-corrected chi connectivity index (χ4v) is 4.92. The van der Waals surface area contributed by atoms with Crippen LogP contribution in [0.4, 0.5) is 0 Å². The van der Waals surface area contributed by atoms with Crippen molar-refractivity contribution in [2.24, 2.45) is 0 Å². The van der Waals surface area contributed by atoms with Gasteiger partial charge in [0.1, 0.15) is 0 Å². The molecule has 0 radical (unpaired) electrons. The predicted molar refractivity (Wildman–Crippen MR) is 116 cm³/mol. The van der Waals surface area contributed by atoms with Crippen molar-refractivity contribution in [1.29, 1.82) is 0 Å². The molecule has 1 aliphatic carbocycles. The first-order valence-corrected chi connectivity index (χ1v) is 11.1. The van der Waals surface area contributed by atoms with E-state index in [1.54, 1.807) is 0 Å². The predicted octanol–water partition coefficient (Wildman–Crippen LogP) is 6.21. The summed E-state index contributed by atoms with van der Waals surface area (Å²) in [5, 5.41) is 0. The van der Waals surface area contributed by atoms with Crippen molar-refractivity contribution in [3.05, 3.63) is 71.3 Å². The molecule has 0 spiro atoms. The standard InChI is InChI=1S/C24H32BrN/c1-26(19-17-20-8-3-2-4-9-20)18-7-10-21-13-15-22(16-14-21)23-11-5-6-12-24(23)25/h2-4,8-9,13-16,23-24H,5-7,10-12,17-19H2,1H3. The lowest BCUT2D eigenvalue weighted by atomic mass is 9.83. The van der Waals surface area contributed by atoms with Crippen LogP contribution < -0.4 is 0 Å². The molecule has 0 N–H and O–H groups in total. The molecule has 1 aliphatic rings. The molecule has 2 unspecified atom stereocenters. The van der Waals surface area contributed by atoms with Crippen LogP contribution in [0, 0.1) is 0 Å². The second-order valence-corrected chi connectivity index (χ2v) is 8.97. The molecule has 2 atom stereocenters. The van der Waals surface area contributed by atoms with E-state index in [2.05, 4.69) is 82.5 Å². The fraction of sp³-hybridized carbons (Fsp3) is 0.500. The summed E-state index contributed by atoms with van der Waals surface area (Å²) in [6.07, 6.45) is 8.96. The molecule has 3 rings (SSSR count). The average Bonchev–Trinajstić information content (AvgIpc) is 2.68. The molecule has 2 aromatic carbocycles. The van der Waals surface area contributed by atoms with E-state index < -0.39 is 0 Å². The Hall–Kier alpha value is -1.12. The van der Waals surface area contributed by atoms with Crippen LogP contribution in [-0.2, 0) is 12.8 Å². The number of rotatable bonds is 8. The third kappa shape index (κ3) is 5.96. The van der Waals surface area contributed by atoms with E-state index in [0.29, 0.717) is 10.7 Å². The van der Waals surface area contributed by atoms with Gasteiger partial charge < -0.3 is 4.90 Å². The minimum Gasteiger partial charge on any atom is -0.306 e. The number of halogens is 1. The van der Waals surface area contributed by atoms with Crippen molar-refractivity contribution in [2.45, 2.75) is 55.7 Å². The van der Waals surface area contributed by atoms with Gasteiger partial charge >= 0.3 is 0 Å². The Morgan fingerprint density at radius 3 is 2.27 bits per heavy atom. The third-order valence-corrected chi connectivity index (χ3v) is 6.82. The van der Waals surface area contributed by atoms with Crippen molar-refractivity contribution >= 4 is 15.9 Å². The summed E-state index contributed by atoms with van der Waals surface area (Å²) in [7, 11) is 2.24. The van der Waals surface area contributed by atoms with Gasteiger partial charge in [0.05, 0.1) is 0 Å². The molecule has 1 fully saturated rings. The minimum atomic E-state index is 0.667. The monoisotopic (exact) mass is 413 g/mol. The number of likely N-dealkylation sites (N-methyl/N-ethyl adjacent to an activating group) is 1. The Morgan fingerprint density at radius 2 is 1.54 bits per heavy atom. The maximum Gasteiger partial charge on any atom is 0.0214 e. The first-order chi connectivity index (χ1) is 12.7. The van der Waals surface area contributed by atoms with Crippen molar-refractivity contribution in [2.75, 3.05) is 20.1 Å². The van der Waals surface area contributed by atoms with Crippen molar-refractivity contribution in [1.82, 2.24) is 4.90 Å². The molecule has 0 amide bonds. The van der Waals surface area contributed by atoms with Crippen molar-refractivity contribution < 1.29 is 0 Å². The van der Waals surface area contributed by atoms with Crippen molar-refractivity contribution in [3.8, 4) is 0 Å². The molecule has 0 heterocycles. The van der Waals surface area contributed by atoms with Crippen LogP contribution in [0.1, 0.15) is 54.7 Å². The molecule has 0 aliphatic heterocycles. The van der Waals surface area contributed by atoms with Crippen LogP contribution in [0.3, 0.4) is 0 Å². The molecule has 0 bridgehead atoms. The number of benzene rings is 2. The maximum absolute atomic E-state index is 3.89. The van der Waals surface area contributed by atoms with E-state index in [-0.39, 0.29) is 0 Å². The normalized spacial score (nSPS) is 20.4. The van der Waals surface area contributed by atoms with E-state index in [0.717, 1.165) is 13.0 Å². The number of hydrogen-bond donors (Lipinski definition) is 0. The largest absolute Gasteiger partial charge is 0.306 e. The summed E-state index contributed by atoms with van der Waals surface area (Å²) in [5.74, 6) is 0.710. The summed E-state index contributed by atoms with van der Waals surface area (Å²) >= 11 is 3.89. The van der Waals surface area contributed by atoms with Gasteiger partial charge in [-0.3, -0.25) is 0 Å². The molecule has 1 saturated carbocycles. The summed E-state index contributed by atoms with van der Waals surface area (Å²) < 4.78 is 0. The van der Waals surface area contributed by atoms with Gasteiger partial charge in [0.25, 0.3) is 0 Å². The number of nitrogens with zero attached hydrogens (tertiary/aromatic N) is 1. The molecular formula is C24H32BrN. The molecule has 0 saturated heterocycles. The highest BCUT2D eigenvalue weighted by Gasteiger charge is 2.23. The van der Waals surface area contributed by atoms with Crippen molar-refractivity contribution in [3.63, 3.8) is 0 Å². The van der Waals surface area contributed by atoms with Crippen LogP contribution >= 0.6 is 15.9 Å². The molecule has 26 heavy (non-hydrogen) atoms. The second-order valence-electron chi connectivity index (χ2n) is 7.79. The highest BCUT2D eigenvalue weighted by molar-refractivity contribution is 9.09. The first kappa shape index (κ1) is 19.6. The van der Waals surface area contributed by atoms with Crippen LogP contribution in [0.25, 0.3) is 0 Å². The van der Waals surface area contributed by atoms with Gasteiger partial charge in [-0.05, 0) is 68.3 Å². The lowest BCUT2D eigenvalue weighted by Gasteiger charge is -2.27. The van der Waals surface area contributed by atoms with Crippen LogP contribution in [0.2, 0.25) is 0 Å². The summed E-state index contributed by atoms with van der Waals surface area (Å²) in [6, 6.07) is 20.2. The third-order valence-electron chi connectivity index (χ3n) is 5.72. The van der Waals surface area contributed by atoms with Gasteiger partial charge in [0.15, 0.2) is 0 Å². The Bertz CT molecular complexity index is 637. The quantitative estimate of drug-likeness (QED) is 0.464. The maximum atomic E-state index is 3.89. The van der Waals surface area contributed by atoms with Crippen LogP contribution in [0.15, 0.2) is 54.6 Å². The van der Waals surface area contributed by atoms with Gasteiger partial charge in [0.2, 0.25) is 0 Å². The Balaban J connectivity index is 1.39. The molecule has 140 valence electrons. The second kappa shape index (κ2) is 10.3. The van der Waals surface area contributed by atoms with Gasteiger partial charge in [-0.15, -0.1) is 0 Å². The highest BCUT2D eigenvalue weighted by atomic mass is 79.9. The molecule has 1 nitrogen and oxygen atoms in total. The van der Waals surface area contributed by atoms with E-state index in [9.17, 15) is 0 Å². The smallest absolute Gasteiger partial charge is 0.0214 e. The summed E-state index contributed by atoms with van der Waals surface area (Å²) in [6.45, 7) is 2.30. The zero-order valence-corrected chi connectivity index (χ0v) is 17.6. The molecule has 2 heteroatoms. The number of hydrogen-bond acceptors (Lipinski definition) is 1. The molecule has 0 aromatic heterocycles. The Morgan fingerprint density at radius 1 is 0.846 bits per heavy atom. The Labute approximate surface area is 167 Å². The summed E-state index contributed by atoms with van der Waals surface area (Å²) in [5.41, 5.74) is 4.44. The topological polar surface area (TPSA) is 3.24 Å². The molecular weight excluding hydrogens is 382 g/mol. The van der Waals surface area contributed by atoms with E-state index in [4.69, 9.17) is 0 Å². The SMILES string of the molecule is CN(CCCc1ccc(C2CCCCC2Br)cc1)CCc1ccccc1. The van der Waals surface area contributed by atoms with E-state index in [1.807, 2.05) is 0 Å². The van der Waals surface area contributed by atoms with Crippen LogP contribution in [-0.4, -0.2) is 29.9 Å². The van der Waals surface area contributed by atoms with Gasteiger partial charge in [-0.1, -0.05) is 83.4 Å². The van der Waals surface area contributed by atoms with E-state index >= 15 is 0 Å². The Kier molecular flexibility index (Phi) is 7.76. The number of alkyl halides is 1. The fourth-order valence-electron chi connectivity index (χ4n) is 4.02. The average molecular weight is 414 g/mol. The van der Waals surface area contributed by atoms with Gasteiger partial charge in [-0.25, -0.2) is 0 Å². The van der Waals surface area contributed by atoms with Gasteiger partial charge in [-0.2, -0.15) is 0 Å². The highest BCUT2D eigenvalue weighted by Crippen LogP contribution is 2.37. The minimum absolute atomic E-state index is 0.667. The lowest BCUT2D eigenvalue weighted by molar-refractivity contribution is 0.333. The van der Waals surface area contributed by atoms with Crippen LogP contribution in [0.5, 0.6) is 0 Å².